The van der Waals surface area contributed by atoms with E-state index < -0.39 is 0 Å². The lowest BCUT2D eigenvalue weighted by molar-refractivity contribution is 0.277. The zero-order valence-electron chi connectivity index (χ0n) is 13.3. The molecule has 1 aromatic rings. The summed E-state index contributed by atoms with van der Waals surface area (Å²) in [7, 11) is 3.42. The predicted molar refractivity (Wildman–Crippen MR) is 85.3 cm³/mol. The van der Waals surface area contributed by atoms with Gasteiger partial charge in [-0.2, -0.15) is 0 Å². The van der Waals surface area contributed by atoms with E-state index in [4.69, 9.17) is 9.47 Å². The fourth-order valence-corrected chi connectivity index (χ4v) is 3.59. The first-order chi connectivity index (χ1) is 10.3. The van der Waals surface area contributed by atoms with Crippen LogP contribution in [-0.2, 0) is 5.41 Å². The molecule has 0 spiro atoms. The molecule has 0 heterocycles. The summed E-state index contributed by atoms with van der Waals surface area (Å²) in [6.45, 7) is 1.10. The van der Waals surface area contributed by atoms with Crippen molar-refractivity contribution in [2.45, 2.75) is 56.4 Å². The highest BCUT2D eigenvalue weighted by molar-refractivity contribution is 5.45. The van der Waals surface area contributed by atoms with E-state index in [1.165, 1.54) is 50.5 Å². The minimum atomic E-state index is 0.278. The van der Waals surface area contributed by atoms with Crippen LogP contribution in [0, 0.1) is 0 Å². The largest absolute Gasteiger partial charge is 0.493 e. The number of hydrogen-bond donors (Lipinski definition) is 1. The lowest BCUT2D eigenvalue weighted by Crippen LogP contribution is -2.40. The first-order valence-corrected chi connectivity index (χ1v) is 8.23. The van der Waals surface area contributed by atoms with Gasteiger partial charge in [-0.25, -0.2) is 0 Å². The van der Waals surface area contributed by atoms with Gasteiger partial charge in [-0.15, -0.1) is 0 Å². The Bertz CT molecular complexity index is 476. The molecule has 3 rings (SSSR count). The summed E-state index contributed by atoms with van der Waals surface area (Å²) in [6.07, 6.45) is 9.30. The summed E-state index contributed by atoms with van der Waals surface area (Å²) >= 11 is 0. The minimum Gasteiger partial charge on any atom is -0.493 e. The summed E-state index contributed by atoms with van der Waals surface area (Å²) in [6, 6.07) is 7.26. The summed E-state index contributed by atoms with van der Waals surface area (Å²) in [5.41, 5.74) is 1.69. The van der Waals surface area contributed by atoms with Crippen molar-refractivity contribution in [2.24, 2.45) is 0 Å². The molecule has 0 unspecified atom stereocenters. The van der Waals surface area contributed by atoms with E-state index in [2.05, 4.69) is 23.5 Å². The maximum atomic E-state index is 5.51. The maximum absolute atomic E-state index is 5.51. The fourth-order valence-electron chi connectivity index (χ4n) is 3.59. The number of nitrogens with one attached hydrogen (secondary N) is 1. The predicted octanol–water partition coefficient (Wildman–Crippen LogP) is 3.66. The summed E-state index contributed by atoms with van der Waals surface area (Å²) in [5, 5.41) is 3.76. The van der Waals surface area contributed by atoms with Gasteiger partial charge < -0.3 is 14.8 Å². The Morgan fingerprint density at radius 3 is 2.38 bits per heavy atom. The Morgan fingerprint density at radius 1 is 1.05 bits per heavy atom. The third-order valence-corrected chi connectivity index (χ3v) is 5.11. The van der Waals surface area contributed by atoms with Gasteiger partial charge in [0.15, 0.2) is 11.5 Å². The molecule has 2 saturated carbocycles. The molecule has 2 aliphatic carbocycles. The summed E-state index contributed by atoms with van der Waals surface area (Å²) < 4.78 is 10.9. The van der Waals surface area contributed by atoms with Crippen LogP contribution in [0.25, 0.3) is 0 Å². The second-order valence-electron chi connectivity index (χ2n) is 6.57. The third-order valence-electron chi connectivity index (χ3n) is 5.11. The van der Waals surface area contributed by atoms with Crippen LogP contribution in [0.5, 0.6) is 11.5 Å². The number of rotatable bonds is 6. The number of hydrogen-bond acceptors (Lipinski definition) is 3. The van der Waals surface area contributed by atoms with Gasteiger partial charge in [0.1, 0.15) is 0 Å². The number of ether oxygens (including phenoxy) is 2. The highest BCUT2D eigenvalue weighted by Crippen LogP contribution is 2.42. The Labute approximate surface area is 128 Å². The lowest BCUT2D eigenvalue weighted by Gasteiger charge is -2.38. The van der Waals surface area contributed by atoms with Gasteiger partial charge >= 0.3 is 0 Å². The van der Waals surface area contributed by atoms with Gasteiger partial charge in [-0.05, 0) is 43.4 Å². The second-order valence-corrected chi connectivity index (χ2v) is 6.57. The van der Waals surface area contributed by atoms with E-state index in [1.54, 1.807) is 14.2 Å². The average Bonchev–Trinajstić information content (AvgIpc) is 3.37. The van der Waals surface area contributed by atoms with Crippen molar-refractivity contribution in [3.8, 4) is 11.5 Å². The third kappa shape index (κ3) is 3.18. The molecule has 0 aliphatic heterocycles. The van der Waals surface area contributed by atoms with Crippen molar-refractivity contribution in [3.63, 3.8) is 0 Å². The van der Waals surface area contributed by atoms with Gasteiger partial charge in [0.2, 0.25) is 0 Å². The molecule has 1 aromatic carbocycles. The minimum absolute atomic E-state index is 0.278. The van der Waals surface area contributed by atoms with Gasteiger partial charge in [-0.3, -0.25) is 0 Å². The molecule has 0 amide bonds. The SMILES string of the molecule is COc1ccc(C2(CNC3CC3)CCCCC2)cc1OC. The molecule has 116 valence electrons. The fraction of sp³-hybridized carbons (Fsp3) is 0.667. The normalized spacial score (nSPS) is 21.0. The van der Waals surface area contributed by atoms with Crippen molar-refractivity contribution in [2.75, 3.05) is 20.8 Å². The van der Waals surface area contributed by atoms with Crippen molar-refractivity contribution in [3.05, 3.63) is 23.8 Å². The Morgan fingerprint density at radius 2 is 1.76 bits per heavy atom. The zero-order chi connectivity index (χ0) is 14.7. The van der Waals surface area contributed by atoms with Gasteiger partial charge in [-0.1, -0.05) is 25.3 Å². The average molecular weight is 289 g/mol. The van der Waals surface area contributed by atoms with E-state index >= 15 is 0 Å². The maximum Gasteiger partial charge on any atom is 0.161 e. The first kappa shape index (κ1) is 14.7. The molecule has 3 nitrogen and oxygen atoms in total. The molecule has 2 aliphatic rings. The smallest absolute Gasteiger partial charge is 0.161 e. The standard InChI is InChI=1S/C18H27NO2/c1-20-16-9-6-14(12-17(16)21-2)18(10-4-3-5-11-18)13-19-15-7-8-15/h6,9,12,15,19H,3-5,7-8,10-11,13H2,1-2H3. The lowest BCUT2D eigenvalue weighted by atomic mass is 9.69. The van der Waals surface area contributed by atoms with Crippen molar-refractivity contribution >= 4 is 0 Å². The Hall–Kier alpha value is -1.22. The van der Waals surface area contributed by atoms with Crippen LogP contribution < -0.4 is 14.8 Å². The molecule has 1 N–H and O–H groups in total. The quantitative estimate of drug-likeness (QED) is 0.867. The molecule has 0 atom stereocenters. The molecule has 0 saturated heterocycles. The topological polar surface area (TPSA) is 30.5 Å². The first-order valence-electron chi connectivity index (χ1n) is 8.23. The van der Waals surface area contributed by atoms with Crippen molar-refractivity contribution < 1.29 is 9.47 Å². The van der Waals surface area contributed by atoms with Crippen LogP contribution >= 0.6 is 0 Å². The number of benzene rings is 1. The van der Waals surface area contributed by atoms with Gasteiger partial charge in [0, 0.05) is 18.0 Å². The van der Waals surface area contributed by atoms with E-state index in [-0.39, 0.29) is 5.41 Å². The second kappa shape index (κ2) is 6.27. The van der Waals surface area contributed by atoms with Crippen molar-refractivity contribution in [1.29, 1.82) is 0 Å². The molecular formula is C18H27NO2. The zero-order valence-corrected chi connectivity index (χ0v) is 13.3. The summed E-state index contributed by atoms with van der Waals surface area (Å²) in [5.74, 6) is 1.67. The van der Waals surface area contributed by atoms with Crippen LogP contribution in [0.1, 0.15) is 50.5 Å². The molecule has 2 fully saturated rings. The van der Waals surface area contributed by atoms with Gasteiger partial charge in [0.25, 0.3) is 0 Å². The summed E-state index contributed by atoms with van der Waals surface area (Å²) in [4.78, 5) is 0. The molecule has 0 radical (unpaired) electrons. The highest BCUT2D eigenvalue weighted by atomic mass is 16.5. The van der Waals surface area contributed by atoms with Crippen LogP contribution in [0.4, 0.5) is 0 Å². The Kier molecular flexibility index (Phi) is 4.39. The Balaban J connectivity index is 1.87. The molecule has 21 heavy (non-hydrogen) atoms. The molecule has 0 bridgehead atoms. The van der Waals surface area contributed by atoms with Crippen LogP contribution in [0.15, 0.2) is 18.2 Å². The van der Waals surface area contributed by atoms with E-state index in [1.807, 2.05) is 0 Å². The van der Waals surface area contributed by atoms with Crippen LogP contribution in [0.3, 0.4) is 0 Å². The van der Waals surface area contributed by atoms with E-state index in [0.717, 1.165) is 24.1 Å². The van der Waals surface area contributed by atoms with Gasteiger partial charge in [0.05, 0.1) is 14.2 Å². The van der Waals surface area contributed by atoms with E-state index in [0.29, 0.717) is 0 Å². The van der Waals surface area contributed by atoms with E-state index in [9.17, 15) is 0 Å². The molecule has 0 aromatic heterocycles. The van der Waals surface area contributed by atoms with Crippen LogP contribution in [-0.4, -0.2) is 26.8 Å². The molecular weight excluding hydrogens is 262 g/mol. The molecule has 3 heteroatoms. The highest BCUT2D eigenvalue weighted by Gasteiger charge is 2.36. The monoisotopic (exact) mass is 289 g/mol. The van der Waals surface area contributed by atoms with Crippen molar-refractivity contribution in [1.82, 2.24) is 5.32 Å². The van der Waals surface area contributed by atoms with Crippen LogP contribution in [0.2, 0.25) is 0 Å². The number of methoxy groups -OCH3 is 2.